The molecule has 0 aliphatic carbocycles. The van der Waals surface area contributed by atoms with Crippen molar-refractivity contribution in [2.75, 3.05) is 26.2 Å². The van der Waals surface area contributed by atoms with Gasteiger partial charge in [0.15, 0.2) is 0 Å². The highest BCUT2D eigenvalue weighted by Gasteiger charge is 2.40. The number of nitrogens with one attached hydrogen (secondary N) is 1. The minimum Gasteiger partial charge on any atom is -0.491 e. The smallest absolute Gasteiger partial charge is 0.220 e. The molecule has 5 rings (SSSR count). The Morgan fingerprint density at radius 2 is 1.85 bits per heavy atom. The molecule has 1 unspecified atom stereocenters. The second-order valence-corrected chi connectivity index (χ2v) is 9.57. The third kappa shape index (κ3) is 5.02. The van der Waals surface area contributed by atoms with E-state index in [2.05, 4.69) is 45.5 Å². The second kappa shape index (κ2) is 9.12. The first-order chi connectivity index (χ1) is 16.0. The van der Waals surface area contributed by atoms with Crippen LogP contribution in [-0.4, -0.2) is 58.8 Å². The van der Waals surface area contributed by atoms with E-state index in [0.717, 1.165) is 65.6 Å². The van der Waals surface area contributed by atoms with Crippen LogP contribution >= 0.6 is 0 Å². The van der Waals surface area contributed by atoms with Gasteiger partial charge in [-0.15, -0.1) is 0 Å². The molecule has 2 aromatic carbocycles. The molecule has 1 aromatic heterocycles. The number of hydrogen-bond donors (Lipinski definition) is 2. The number of aryl methyl sites for hydroxylation is 1. The number of fused-ring (bicyclic) bond motifs is 1. The average molecular weight is 446 g/mol. The number of ether oxygens (including phenoxy) is 1. The van der Waals surface area contributed by atoms with Gasteiger partial charge < -0.3 is 20.1 Å². The summed E-state index contributed by atoms with van der Waals surface area (Å²) in [5.74, 6) is 0.938. The molecule has 3 heterocycles. The quantitative estimate of drug-likeness (QED) is 0.605. The first-order valence-corrected chi connectivity index (χ1v) is 11.8. The molecule has 2 fully saturated rings. The highest BCUT2D eigenvalue weighted by molar-refractivity contribution is 5.88. The Balaban J connectivity index is 1.15. The molecular formula is C27H31N3O3. The van der Waals surface area contributed by atoms with Gasteiger partial charge in [0.05, 0.1) is 0 Å². The maximum absolute atomic E-state index is 11.6. The third-order valence-corrected chi connectivity index (χ3v) is 6.98. The van der Waals surface area contributed by atoms with Gasteiger partial charge in [0.25, 0.3) is 0 Å². The lowest BCUT2D eigenvalue weighted by atomic mass is 9.86. The van der Waals surface area contributed by atoms with Crippen molar-refractivity contribution in [3.05, 3.63) is 60.4 Å². The van der Waals surface area contributed by atoms with E-state index >= 15 is 0 Å². The lowest BCUT2D eigenvalue weighted by Gasteiger charge is -2.39. The molecular weight excluding hydrogens is 414 g/mol. The third-order valence-electron chi connectivity index (χ3n) is 6.98. The second-order valence-electron chi connectivity index (χ2n) is 9.57. The standard InChI is InChI=1S/C27H31N3O3/c1-19-12-23(16-28-15-19)21-2-3-22-14-25(5-4-20(22)13-21)33-18-24(31)17-30-10-8-27(9-11-30)7-6-26(32)29-27/h2-5,12-16,24,31H,6-11,17-18H2,1H3,(H,29,32). The van der Waals surface area contributed by atoms with E-state index in [9.17, 15) is 9.90 Å². The van der Waals surface area contributed by atoms with E-state index < -0.39 is 6.10 Å². The zero-order valence-electron chi connectivity index (χ0n) is 19.1. The number of aromatic nitrogens is 1. The molecule has 1 amide bonds. The minimum absolute atomic E-state index is 0.00412. The number of nitrogens with zero attached hydrogens (tertiary/aromatic N) is 2. The van der Waals surface area contributed by atoms with Crippen LogP contribution in [0.5, 0.6) is 5.75 Å². The van der Waals surface area contributed by atoms with Crippen molar-refractivity contribution < 1.29 is 14.6 Å². The van der Waals surface area contributed by atoms with Crippen molar-refractivity contribution in [1.29, 1.82) is 0 Å². The van der Waals surface area contributed by atoms with Crippen molar-refractivity contribution in [2.45, 2.75) is 44.2 Å². The summed E-state index contributed by atoms with van der Waals surface area (Å²) in [5, 5.41) is 15.9. The highest BCUT2D eigenvalue weighted by Crippen LogP contribution is 2.31. The summed E-state index contributed by atoms with van der Waals surface area (Å²) in [6.45, 7) is 4.69. The van der Waals surface area contributed by atoms with E-state index in [4.69, 9.17) is 4.74 Å². The van der Waals surface area contributed by atoms with Gasteiger partial charge in [-0.1, -0.05) is 18.2 Å². The van der Waals surface area contributed by atoms with Crippen molar-refractivity contribution in [3.8, 4) is 16.9 Å². The zero-order chi connectivity index (χ0) is 22.8. The highest BCUT2D eigenvalue weighted by atomic mass is 16.5. The Kier molecular flexibility index (Phi) is 6.04. The number of β-amino-alcohol motifs (C(OH)–C–C–N with tert-alkyl or cyclic N) is 1. The van der Waals surface area contributed by atoms with Gasteiger partial charge in [-0.25, -0.2) is 0 Å². The van der Waals surface area contributed by atoms with Gasteiger partial charge in [-0.05, 0) is 72.4 Å². The minimum atomic E-state index is -0.552. The molecule has 172 valence electrons. The van der Waals surface area contributed by atoms with Crippen molar-refractivity contribution in [3.63, 3.8) is 0 Å². The number of carbonyl (C=O) groups excluding carboxylic acids is 1. The molecule has 3 aromatic rings. The van der Waals surface area contributed by atoms with Crippen LogP contribution < -0.4 is 10.1 Å². The maximum Gasteiger partial charge on any atom is 0.220 e. The molecule has 1 spiro atoms. The summed E-state index contributed by atoms with van der Waals surface area (Å²) in [6.07, 6.45) is 6.70. The van der Waals surface area contributed by atoms with Gasteiger partial charge in [-0.3, -0.25) is 9.78 Å². The summed E-state index contributed by atoms with van der Waals surface area (Å²) in [4.78, 5) is 18.2. The van der Waals surface area contributed by atoms with Gasteiger partial charge in [0.2, 0.25) is 5.91 Å². The number of pyridine rings is 1. The summed E-state index contributed by atoms with van der Waals surface area (Å²) < 4.78 is 5.91. The summed E-state index contributed by atoms with van der Waals surface area (Å²) >= 11 is 0. The van der Waals surface area contributed by atoms with E-state index in [-0.39, 0.29) is 18.1 Å². The fraction of sp³-hybridized carbons (Fsp3) is 0.407. The molecule has 0 bridgehead atoms. The normalized spacial score (nSPS) is 19.0. The number of piperidine rings is 1. The largest absolute Gasteiger partial charge is 0.491 e. The molecule has 2 N–H and O–H groups in total. The topological polar surface area (TPSA) is 74.7 Å². The zero-order valence-corrected chi connectivity index (χ0v) is 19.1. The van der Waals surface area contributed by atoms with Crippen LogP contribution in [0.25, 0.3) is 21.9 Å². The van der Waals surface area contributed by atoms with E-state index in [1.807, 2.05) is 31.5 Å². The first kappa shape index (κ1) is 21.9. The molecule has 6 nitrogen and oxygen atoms in total. The van der Waals surface area contributed by atoms with Crippen LogP contribution in [0.2, 0.25) is 0 Å². The van der Waals surface area contributed by atoms with Gasteiger partial charge in [0.1, 0.15) is 18.5 Å². The molecule has 0 radical (unpaired) electrons. The number of aliphatic hydroxyl groups is 1. The average Bonchev–Trinajstić information content (AvgIpc) is 3.19. The summed E-state index contributed by atoms with van der Waals surface area (Å²) in [5.41, 5.74) is 3.39. The van der Waals surface area contributed by atoms with E-state index in [0.29, 0.717) is 13.0 Å². The lowest BCUT2D eigenvalue weighted by molar-refractivity contribution is -0.120. The Hall–Kier alpha value is -2.96. The Bertz CT molecular complexity index is 1150. The molecule has 33 heavy (non-hydrogen) atoms. The Morgan fingerprint density at radius 3 is 2.61 bits per heavy atom. The predicted octanol–water partition coefficient (Wildman–Crippen LogP) is 3.69. The van der Waals surface area contributed by atoms with Crippen molar-refractivity contribution >= 4 is 16.7 Å². The Labute approximate surface area is 194 Å². The van der Waals surface area contributed by atoms with Crippen molar-refractivity contribution in [2.24, 2.45) is 0 Å². The number of carbonyl (C=O) groups is 1. The fourth-order valence-electron chi connectivity index (χ4n) is 5.06. The number of benzene rings is 2. The number of rotatable bonds is 6. The van der Waals surface area contributed by atoms with Crippen LogP contribution in [-0.2, 0) is 4.79 Å². The fourth-order valence-corrected chi connectivity index (χ4v) is 5.06. The molecule has 2 aliphatic rings. The summed E-state index contributed by atoms with van der Waals surface area (Å²) in [6, 6.07) is 14.5. The molecule has 2 aliphatic heterocycles. The van der Waals surface area contributed by atoms with Crippen LogP contribution in [0.3, 0.4) is 0 Å². The van der Waals surface area contributed by atoms with E-state index in [1.165, 1.54) is 0 Å². The first-order valence-electron chi connectivity index (χ1n) is 11.8. The van der Waals surface area contributed by atoms with Crippen LogP contribution in [0.1, 0.15) is 31.2 Å². The van der Waals surface area contributed by atoms with Gasteiger partial charge in [0, 0.05) is 49.6 Å². The molecule has 1 atom stereocenters. The number of amides is 1. The Morgan fingerprint density at radius 1 is 1.06 bits per heavy atom. The molecule has 0 saturated carbocycles. The SMILES string of the molecule is Cc1cncc(-c2ccc3cc(OCC(O)CN4CCC5(CCC(=O)N5)CC4)ccc3c2)c1. The van der Waals surface area contributed by atoms with Crippen LogP contribution in [0, 0.1) is 6.92 Å². The number of aliphatic hydroxyl groups excluding tert-OH is 1. The molecule has 2 saturated heterocycles. The van der Waals surface area contributed by atoms with Crippen molar-refractivity contribution in [1.82, 2.24) is 15.2 Å². The lowest BCUT2D eigenvalue weighted by Crippen LogP contribution is -2.52. The summed E-state index contributed by atoms with van der Waals surface area (Å²) in [7, 11) is 0. The maximum atomic E-state index is 11.6. The van der Waals surface area contributed by atoms with E-state index in [1.54, 1.807) is 0 Å². The van der Waals surface area contributed by atoms with Gasteiger partial charge in [-0.2, -0.15) is 0 Å². The number of likely N-dealkylation sites (tertiary alicyclic amines) is 1. The van der Waals surface area contributed by atoms with Crippen LogP contribution in [0.15, 0.2) is 54.9 Å². The monoisotopic (exact) mass is 445 g/mol. The van der Waals surface area contributed by atoms with Crippen LogP contribution in [0.4, 0.5) is 0 Å². The predicted molar refractivity (Wildman–Crippen MR) is 129 cm³/mol. The number of hydrogen-bond acceptors (Lipinski definition) is 5. The van der Waals surface area contributed by atoms with Gasteiger partial charge >= 0.3 is 0 Å². The molecule has 6 heteroatoms.